The van der Waals surface area contributed by atoms with Crippen molar-refractivity contribution in [2.45, 2.75) is 56.5 Å². The Kier molecular flexibility index (Phi) is 5.67. The number of hydrogen-bond donors (Lipinski definition) is 2. The Balaban J connectivity index is 1.21. The van der Waals surface area contributed by atoms with Crippen molar-refractivity contribution in [3.8, 4) is 0 Å². The van der Waals surface area contributed by atoms with Crippen LogP contribution >= 0.6 is 0 Å². The molecule has 0 bridgehead atoms. The third-order valence-corrected chi connectivity index (χ3v) is 8.98. The average molecular weight is 488 g/mol. The number of aromatic amines is 2. The van der Waals surface area contributed by atoms with E-state index in [1.165, 1.54) is 12.1 Å². The van der Waals surface area contributed by atoms with Gasteiger partial charge in [0.25, 0.3) is 0 Å². The summed E-state index contributed by atoms with van der Waals surface area (Å²) in [7, 11) is 0. The van der Waals surface area contributed by atoms with Gasteiger partial charge in [0, 0.05) is 41.8 Å². The first-order valence-electron chi connectivity index (χ1n) is 12.7. The molecular weight excluding hydrogens is 455 g/mol. The van der Waals surface area contributed by atoms with Crippen LogP contribution in [0.3, 0.4) is 0 Å². The second kappa shape index (κ2) is 8.62. The van der Waals surface area contributed by atoms with Crippen molar-refractivity contribution in [2.24, 2.45) is 11.8 Å². The second-order valence-electron chi connectivity index (χ2n) is 10.8. The van der Waals surface area contributed by atoms with E-state index in [4.69, 9.17) is 4.74 Å². The van der Waals surface area contributed by atoms with Crippen molar-refractivity contribution in [1.82, 2.24) is 25.1 Å². The Labute approximate surface area is 202 Å². The van der Waals surface area contributed by atoms with Gasteiger partial charge in [-0.3, -0.25) is 5.10 Å². The minimum Gasteiger partial charge on any atom is -0.381 e. The number of H-pyrrole nitrogens is 2. The van der Waals surface area contributed by atoms with Gasteiger partial charge in [-0.15, -0.1) is 0 Å². The number of hydrogen-bond acceptors (Lipinski definition) is 4. The van der Waals surface area contributed by atoms with Crippen molar-refractivity contribution < 1.29 is 17.9 Å². The van der Waals surface area contributed by atoms with Gasteiger partial charge >= 0.3 is 6.18 Å². The number of fused-ring (bicyclic) bond motifs is 4. The molecule has 35 heavy (non-hydrogen) atoms. The lowest BCUT2D eigenvalue weighted by Gasteiger charge is -2.45. The highest BCUT2D eigenvalue weighted by Crippen LogP contribution is 2.47. The maximum absolute atomic E-state index is 13.4. The van der Waals surface area contributed by atoms with Crippen molar-refractivity contribution in [3.05, 3.63) is 47.2 Å². The van der Waals surface area contributed by atoms with Crippen LogP contribution in [0.5, 0.6) is 0 Å². The van der Waals surface area contributed by atoms with Crippen LogP contribution in [0, 0.1) is 11.8 Å². The zero-order chi connectivity index (χ0) is 24.2. The first kappa shape index (κ1) is 23.0. The predicted molar refractivity (Wildman–Crippen MR) is 126 cm³/mol. The molecule has 4 heterocycles. The highest BCUT2D eigenvalue weighted by atomic mass is 19.4. The molecule has 0 amide bonds. The standard InChI is InChI=1S/C26H32F3N5O/c1-16-20-14-34(9-5-25(6-10-35-11-7-25)24-30-15-31-33-24)8-4-17(20)12-22-23(16)19-13-18(26(27,28)29)2-3-21(19)32-22/h2-3,13,15-17,20,32H,4-12,14H2,1H3,(H,30,31,33)/t16-,17-,20-/m1/s1. The fourth-order valence-corrected chi connectivity index (χ4v) is 6.93. The normalized spacial score (nSPS) is 27.0. The van der Waals surface area contributed by atoms with Gasteiger partial charge in [-0.05, 0) is 86.7 Å². The highest BCUT2D eigenvalue weighted by Gasteiger charge is 2.42. The van der Waals surface area contributed by atoms with E-state index in [-0.39, 0.29) is 11.3 Å². The van der Waals surface area contributed by atoms with Crippen molar-refractivity contribution in [2.75, 3.05) is 32.8 Å². The van der Waals surface area contributed by atoms with Gasteiger partial charge in [0.1, 0.15) is 12.2 Å². The predicted octanol–water partition coefficient (Wildman–Crippen LogP) is 5.04. The number of halogens is 3. The molecule has 0 unspecified atom stereocenters. The zero-order valence-electron chi connectivity index (χ0n) is 20.0. The molecule has 2 fully saturated rings. The van der Waals surface area contributed by atoms with Gasteiger partial charge in [-0.25, -0.2) is 4.98 Å². The van der Waals surface area contributed by atoms with Gasteiger partial charge in [-0.2, -0.15) is 18.3 Å². The molecule has 2 aromatic heterocycles. The maximum atomic E-state index is 13.4. The second-order valence-corrected chi connectivity index (χ2v) is 10.8. The fraction of sp³-hybridized carbons (Fsp3) is 0.615. The SMILES string of the molecule is C[C@H]1c2c([nH]c3ccc(C(F)(F)F)cc23)C[C@H]2CCN(CCC3(c4ncn[nH]4)CCOCC3)C[C@@H]21. The summed E-state index contributed by atoms with van der Waals surface area (Å²) in [4.78, 5) is 10.5. The number of alkyl halides is 3. The van der Waals surface area contributed by atoms with Gasteiger partial charge < -0.3 is 14.6 Å². The summed E-state index contributed by atoms with van der Waals surface area (Å²) in [5.41, 5.74) is 2.45. The molecule has 3 aliphatic rings. The Morgan fingerprint density at radius 1 is 1.23 bits per heavy atom. The number of likely N-dealkylation sites (tertiary alicyclic amines) is 1. The average Bonchev–Trinajstić information content (AvgIpc) is 3.51. The molecule has 0 spiro atoms. The van der Waals surface area contributed by atoms with E-state index in [0.29, 0.717) is 11.8 Å². The summed E-state index contributed by atoms with van der Waals surface area (Å²) in [6.07, 6.45) is 2.19. The van der Waals surface area contributed by atoms with E-state index in [1.807, 2.05) is 0 Å². The van der Waals surface area contributed by atoms with Crippen molar-refractivity contribution in [1.29, 1.82) is 0 Å². The molecule has 2 saturated heterocycles. The Morgan fingerprint density at radius 2 is 2.06 bits per heavy atom. The van der Waals surface area contributed by atoms with Crippen LogP contribution in [-0.2, 0) is 22.7 Å². The first-order valence-corrected chi connectivity index (χ1v) is 12.7. The molecule has 3 aromatic rings. The molecule has 3 atom stereocenters. The molecule has 2 aliphatic heterocycles. The summed E-state index contributed by atoms with van der Waals surface area (Å²) in [6, 6.07) is 4.12. The highest BCUT2D eigenvalue weighted by molar-refractivity contribution is 5.86. The molecule has 1 aromatic carbocycles. The largest absolute Gasteiger partial charge is 0.416 e. The van der Waals surface area contributed by atoms with Gasteiger partial charge in [0.05, 0.1) is 5.56 Å². The van der Waals surface area contributed by atoms with Crippen LogP contribution in [0.25, 0.3) is 10.9 Å². The minimum atomic E-state index is -4.33. The lowest BCUT2D eigenvalue weighted by Crippen LogP contribution is -2.47. The number of ether oxygens (including phenoxy) is 1. The number of aromatic nitrogens is 4. The Morgan fingerprint density at radius 3 is 2.80 bits per heavy atom. The van der Waals surface area contributed by atoms with Crippen molar-refractivity contribution in [3.63, 3.8) is 0 Å². The first-order chi connectivity index (χ1) is 16.8. The lowest BCUT2D eigenvalue weighted by molar-refractivity contribution is -0.137. The van der Waals surface area contributed by atoms with Crippen LogP contribution in [0.2, 0.25) is 0 Å². The maximum Gasteiger partial charge on any atom is 0.416 e. The quantitative estimate of drug-likeness (QED) is 0.541. The summed E-state index contributed by atoms with van der Waals surface area (Å²) in [6.45, 7) is 6.72. The van der Waals surface area contributed by atoms with Crippen LogP contribution in [0.15, 0.2) is 24.5 Å². The minimum absolute atomic E-state index is 0.0260. The molecule has 188 valence electrons. The van der Waals surface area contributed by atoms with Gasteiger partial charge in [-0.1, -0.05) is 6.92 Å². The lowest BCUT2D eigenvalue weighted by atomic mass is 9.68. The Hall–Kier alpha value is -2.39. The fourth-order valence-electron chi connectivity index (χ4n) is 6.93. The number of piperidine rings is 1. The number of benzene rings is 1. The third-order valence-electron chi connectivity index (χ3n) is 8.98. The van der Waals surface area contributed by atoms with Crippen LogP contribution in [-0.4, -0.2) is 57.9 Å². The van der Waals surface area contributed by atoms with Crippen molar-refractivity contribution >= 4 is 10.9 Å². The van der Waals surface area contributed by atoms with E-state index in [0.717, 1.165) is 92.9 Å². The molecule has 2 N–H and O–H groups in total. The molecular formula is C26H32F3N5O. The van der Waals surface area contributed by atoms with Gasteiger partial charge in [0.15, 0.2) is 0 Å². The van der Waals surface area contributed by atoms with Crippen LogP contribution in [0.1, 0.15) is 61.2 Å². The molecule has 6 rings (SSSR count). The summed E-state index contributed by atoms with van der Waals surface area (Å²) < 4.78 is 45.9. The van der Waals surface area contributed by atoms with Crippen LogP contribution in [0.4, 0.5) is 13.2 Å². The topological polar surface area (TPSA) is 69.8 Å². The molecule has 0 radical (unpaired) electrons. The van der Waals surface area contributed by atoms with Gasteiger partial charge in [0.2, 0.25) is 0 Å². The summed E-state index contributed by atoms with van der Waals surface area (Å²) in [5.74, 6) is 2.19. The molecule has 1 aliphatic carbocycles. The third kappa shape index (κ3) is 4.06. The molecule has 6 nitrogen and oxygen atoms in total. The molecule has 9 heteroatoms. The molecule has 0 saturated carbocycles. The van der Waals surface area contributed by atoms with E-state index >= 15 is 0 Å². The van der Waals surface area contributed by atoms with E-state index in [1.54, 1.807) is 12.4 Å². The number of rotatable bonds is 4. The zero-order valence-corrected chi connectivity index (χ0v) is 20.0. The smallest absolute Gasteiger partial charge is 0.381 e. The van der Waals surface area contributed by atoms with Crippen LogP contribution < -0.4 is 0 Å². The Bertz CT molecular complexity index is 1180. The number of nitrogens with zero attached hydrogens (tertiary/aromatic N) is 3. The van der Waals surface area contributed by atoms with E-state index < -0.39 is 11.7 Å². The number of nitrogens with one attached hydrogen (secondary N) is 2. The van der Waals surface area contributed by atoms with E-state index in [2.05, 4.69) is 32.0 Å². The summed E-state index contributed by atoms with van der Waals surface area (Å²) >= 11 is 0. The van der Waals surface area contributed by atoms with E-state index in [9.17, 15) is 13.2 Å². The monoisotopic (exact) mass is 487 g/mol. The summed E-state index contributed by atoms with van der Waals surface area (Å²) in [5, 5.41) is 7.95.